The minimum atomic E-state index is -0.874. The summed E-state index contributed by atoms with van der Waals surface area (Å²) in [5.74, 6) is -2.41. The number of carbonyl (C=O) groups is 2. The number of likely N-dealkylation sites (tertiary alicyclic amines) is 1. The van der Waals surface area contributed by atoms with Gasteiger partial charge in [-0.05, 0) is 54.8 Å². The van der Waals surface area contributed by atoms with E-state index in [4.69, 9.17) is 0 Å². The highest BCUT2D eigenvalue weighted by atomic mass is 32.1. The molecular weight excluding hydrogens is 468 g/mol. The molecule has 0 radical (unpaired) electrons. The van der Waals surface area contributed by atoms with Gasteiger partial charge in [0, 0.05) is 37.2 Å². The van der Waals surface area contributed by atoms with Crippen LogP contribution in [0.4, 0.5) is 14.5 Å². The quantitative estimate of drug-likeness (QED) is 0.392. The smallest absolute Gasteiger partial charge is 0.256 e. The van der Waals surface area contributed by atoms with Crippen LogP contribution in [0.25, 0.3) is 10.2 Å². The lowest BCUT2D eigenvalue weighted by atomic mass is 9.95. The highest BCUT2D eigenvalue weighted by Crippen LogP contribution is 2.25. The summed E-state index contributed by atoms with van der Waals surface area (Å²) >= 11 is 1.68. The molecule has 1 saturated heterocycles. The van der Waals surface area contributed by atoms with Crippen LogP contribution in [0.2, 0.25) is 0 Å². The van der Waals surface area contributed by atoms with E-state index < -0.39 is 17.5 Å². The third-order valence-electron chi connectivity index (χ3n) is 6.23. The SMILES string of the molecule is O=C(Nc1ccc(Cc2nc3ccccc3s2)cc1)C1CCN(C(=O)c2ccc(F)cc2F)CC1. The van der Waals surface area contributed by atoms with E-state index in [9.17, 15) is 18.4 Å². The van der Waals surface area contributed by atoms with Crippen molar-refractivity contribution >= 4 is 39.1 Å². The van der Waals surface area contributed by atoms with Crippen LogP contribution in [0.3, 0.4) is 0 Å². The second-order valence-electron chi connectivity index (χ2n) is 8.63. The molecule has 0 bridgehead atoms. The van der Waals surface area contributed by atoms with E-state index in [1.54, 1.807) is 11.3 Å². The zero-order valence-electron chi connectivity index (χ0n) is 18.8. The number of fused-ring (bicyclic) bond motifs is 1. The van der Waals surface area contributed by atoms with Crippen molar-refractivity contribution < 1.29 is 18.4 Å². The maximum absolute atomic E-state index is 13.9. The highest BCUT2D eigenvalue weighted by molar-refractivity contribution is 7.18. The number of thiazole rings is 1. The number of piperidine rings is 1. The number of anilines is 1. The molecular formula is C27H23F2N3O2S. The lowest BCUT2D eigenvalue weighted by Gasteiger charge is -2.31. The summed E-state index contributed by atoms with van der Waals surface area (Å²) in [6.07, 6.45) is 1.70. The minimum Gasteiger partial charge on any atom is -0.339 e. The summed E-state index contributed by atoms with van der Waals surface area (Å²) < 4.78 is 28.2. The Morgan fingerprint density at radius 2 is 1.74 bits per heavy atom. The molecule has 2 amide bonds. The zero-order chi connectivity index (χ0) is 24.4. The predicted molar refractivity (Wildman–Crippen MR) is 132 cm³/mol. The van der Waals surface area contributed by atoms with E-state index in [1.807, 2.05) is 42.5 Å². The number of aromatic nitrogens is 1. The van der Waals surface area contributed by atoms with Crippen molar-refractivity contribution in [3.8, 4) is 0 Å². The van der Waals surface area contributed by atoms with Gasteiger partial charge in [0.25, 0.3) is 5.91 Å². The van der Waals surface area contributed by atoms with Gasteiger partial charge in [-0.1, -0.05) is 24.3 Å². The minimum absolute atomic E-state index is 0.0935. The molecule has 0 unspecified atom stereocenters. The fourth-order valence-corrected chi connectivity index (χ4v) is 5.30. The monoisotopic (exact) mass is 491 g/mol. The fraction of sp³-hybridized carbons (Fsp3) is 0.222. The molecule has 8 heteroatoms. The Balaban J connectivity index is 1.14. The Morgan fingerprint density at radius 1 is 1.00 bits per heavy atom. The van der Waals surface area contributed by atoms with Crippen LogP contribution < -0.4 is 5.32 Å². The van der Waals surface area contributed by atoms with Crippen LogP contribution in [0.1, 0.15) is 33.8 Å². The average Bonchev–Trinajstić information content (AvgIpc) is 3.27. The summed E-state index contributed by atoms with van der Waals surface area (Å²) in [5.41, 5.74) is 2.68. The number of rotatable bonds is 5. The first-order chi connectivity index (χ1) is 17.0. The molecule has 0 aliphatic carbocycles. The molecule has 1 aliphatic heterocycles. The van der Waals surface area contributed by atoms with Crippen molar-refractivity contribution in [3.05, 3.63) is 94.5 Å². The lowest BCUT2D eigenvalue weighted by molar-refractivity contribution is -0.121. The van der Waals surface area contributed by atoms with Crippen molar-refractivity contribution in [2.24, 2.45) is 5.92 Å². The van der Waals surface area contributed by atoms with Gasteiger partial charge in [-0.15, -0.1) is 11.3 Å². The van der Waals surface area contributed by atoms with Crippen LogP contribution in [0.15, 0.2) is 66.7 Å². The van der Waals surface area contributed by atoms with Gasteiger partial charge < -0.3 is 10.2 Å². The summed E-state index contributed by atoms with van der Waals surface area (Å²) in [5, 5.41) is 4.00. The third kappa shape index (κ3) is 5.22. The summed E-state index contributed by atoms with van der Waals surface area (Å²) in [6.45, 7) is 0.684. The van der Waals surface area contributed by atoms with Gasteiger partial charge in [0.15, 0.2) is 0 Å². The molecule has 1 aliphatic rings. The van der Waals surface area contributed by atoms with E-state index in [1.165, 1.54) is 9.60 Å². The molecule has 0 saturated carbocycles. The van der Waals surface area contributed by atoms with Crippen LogP contribution >= 0.6 is 11.3 Å². The van der Waals surface area contributed by atoms with Gasteiger partial charge in [0.05, 0.1) is 20.8 Å². The molecule has 3 aromatic carbocycles. The second-order valence-corrected chi connectivity index (χ2v) is 9.74. The molecule has 5 rings (SSSR count). The number of nitrogens with one attached hydrogen (secondary N) is 1. The number of hydrogen-bond donors (Lipinski definition) is 1. The molecule has 1 N–H and O–H groups in total. The van der Waals surface area contributed by atoms with E-state index >= 15 is 0 Å². The van der Waals surface area contributed by atoms with Gasteiger partial charge in [-0.3, -0.25) is 9.59 Å². The first kappa shape index (κ1) is 23.1. The van der Waals surface area contributed by atoms with Crippen molar-refractivity contribution in [2.75, 3.05) is 18.4 Å². The zero-order valence-corrected chi connectivity index (χ0v) is 19.7. The molecule has 4 aromatic rings. The summed E-state index contributed by atoms with van der Waals surface area (Å²) in [4.78, 5) is 31.5. The molecule has 5 nitrogen and oxygen atoms in total. The van der Waals surface area contributed by atoms with Crippen molar-refractivity contribution in [1.82, 2.24) is 9.88 Å². The molecule has 1 fully saturated rings. The number of benzene rings is 3. The number of hydrogen-bond acceptors (Lipinski definition) is 4. The normalized spacial score (nSPS) is 14.3. The second kappa shape index (κ2) is 9.92. The largest absolute Gasteiger partial charge is 0.339 e. The molecule has 0 atom stereocenters. The Labute approximate surface area is 205 Å². The molecule has 0 spiro atoms. The van der Waals surface area contributed by atoms with Crippen LogP contribution in [-0.4, -0.2) is 34.8 Å². The van der Waals surface area contributed by atoms with Gasteiger partial charge in [-0.25, -0.2) is 13.8 Å². The van der Waals surface area contributed by atoms with Crippen LogP contribution in [0.5, 0.6) is 0 Å². The van der Waals surface area contributed by atoms with E-state index in [-0.39, 0.29) is 17.4 Å². The third-order valence-corrected chi connectivity index (χ3v) is 7.27. The van der Waals surface area contributed by atoms with Gasteiger partial charge in [0.1, 0.15) is 11.6 Å². The van der Waals surface area contributed by atoms with Crippen molar-refractivity contribution in [1.29, 1.82) is 0 Å². The van der Waals surface area contributed by atoms with Crippen molar-refractivity contribution in [3.63, 3.8) is 0 Å². The number of carbonyl (C=O) groups excluding carboxylic acids is 2. The maximum atomic E-state index is 13.9. The first-order valence-electron chi connectivity index (χ1n) is 11.4. The number of para-hydroxylation sites is 1. The Morgan fingerprint density at radius 3 is 2.46 bits per heavy atom. The number of halogens is 2. The highest BCUT2D eigenvalue weighted by Gasteiger charge is 2.29. The topological polar surface area (TPSA) is 62.3 Å². The Bertz CT molecular complexity index is 1350. The molecule has 2 heterocycles. The molecule has 35 heavy (non-hydrogen) atoms. The Hall–Kier alpha value is -3.65. The molecule has 178 valence electrons. The van der Waals surface area contributed by atoms with Crippen molar-refractivity contribution in [2.45, 2.75) is 19.3 Å². The van der Waals surface area contributed by atoms with Gasteiger partial charge in [-0.2, -0.15) is 0 Å². The van der Waals surface area contributed by atoms with Crippen LogP contribution in [0, 0.1) is 17.6 Å². The average molecular weight is 492 g/mol. The Kier molecular flexibility index (Phi) is 6.55. The number of nitrogens with zero attached hydrogens (tertiary/aromatic N) is 2. The van der Waals surface area contributed by atoms with E-state index in [0.717, 1.165) is 40.3 Å². The predicted octanol–water partition coefficient (Wildman–Crippen LogP) is 5.66. The fourth-order valence-electron chi connectivity index (χ4n) is 4.30. The molecule has 1 aromatic heterocycles. The van der Waals surface area contributed by atoms with Crippen LogP contribution in [-0.2, 0) is 11.2 Å². The standard InChI is InChI=1S/C27H23F2N3O2S/c28-19-7-10-21(22(29)16-19)27(34)32-13-11-18(12-14-32)26(33)30-20-8-5-17(6-9-20)15-25-31-23-3-1-2-4-24(23)35-25/h1-10,16,18H,11-15H2,(H,30,33). The van der Waals surface area contributed by atoms with E-state index in [2.05, 4.69) is 16.4 Å². The van der Waals surface area contributed by atoms with Gasteiger partial charge >= 0.3 is 0 Å². The first-order valence-corrected chi connectivity index (χ1v) is 12.3. The lowest BCUT2D eigenvalue weighted by Crippen LogP contribution is -2.41. The number of amides is 2. The van der Waals surface area contributed by atoms with Gasteiger partial charge in [0.2, 0.25) is 5.91 Å². The summed E-state index contributed by atoms with van der Waals surface area (Å²) in [6, 6.07) is 18.7. The maximum Gasteiger partial charge on any atom is 0.256 e. The van der Waals surface area contributed by atoms with E-state index in [0.29, 0.717) is 32.0 Å². The summed E-state index contributed by atoms with van der Waals surface area (Å²) in [7, 11) is 0.